The van der Waals surface area contributed by atoms with Crippen LogP contribution in [0, 0.1) is 11.8 Å². The fraction of sp³-hybridized carbons (Fsp3) is 0.588. The number of aliphatic carboxylic acids is 1. The van der Waals surface area contributed by atoms with E-state index in [1.807, 2.05) is 0 Å². The topological polar surface area (TPSA) is 474 Å². The minimum Gasteiger partial charge on any atom is -0.480 e. The monoisotopic (exact) mass is 1140 g/mol. The van der Waals surface area contributed by atoms with Crippen molar-refractivity contribution in [1.29, 1.82) is 0 Å². The molecular formula is C51H76N14O16. The van der Waals surface area contributed by atoms with Crippen LogP contribution < -0.4 is 64.6 Å². The highest BCUT2D eigenvalue weighted by molar-refractivity contribution is 6.00. The molecule has 2 saturated heterocycles. The molecule has 10 atom stereocenters. The highest BCUT2D eigenvalue weighted by Crippen LogP contribution is 2.23. The van der Waals surface area contributed by atoms with Gasteiger partial charge in [0.2, 0.25) is 70.9 Å². The van der Waals surface area contributed by atoms with E-state index < -0.39 is 176 Å². The Morgan fingerprint density at radius 3 is 1.78 bits per heavy atom. The van der Waals surface area contributed by atoms with Crippen LogP contribution >= 0.6 is 0 Å². The van der Waals surface area contributed by atoms with Gasteiger partial charge in [-0.15, -0.1) is 0 Å². The second-order valence-electron chi connectivity index (χ2n) is 20.7. The van der Waals surface area contributed by atoms with Crippen LogP contribution in [0.2, 0.25) is 0 Å². The number of amides is 12. The van der Waals surface area contributed by atoms with Crippen molar-refractivity contribution in [1.82, 2.24) is 63.1 Å². The largest absolute Gasteiger partial charge is 0.480 e. The Hall–Kier alpha value is -8.25. The number of rotatable bonds is 31. The van der Waals surface area contributed by atoms with Gasteiger partial charge in [0, 0.05) is 30.1 Å². The highest BCUT2D eigenvalue weighted by Gasteiger charge is 2.41. The fourth-order valence-corrected chi connectivity index (χ4v) is 9.11. The molecule has 30 heteroatoms. The first kappa shape index (κ1) is 65.3. The van der Waals surface area contributed by atoms with Crippen LogP contribution in [0.1, 0.15) is 85.1 Å². The molecule has 2 aliphatic heterocycles. The lowest BCUT2D eigenvalue weighted by molar-refractivity contribution is -0.143. The highest BCUT2D eigenvalue weighted by atomic mass is 16.4. The molecule has 12 amide bonds. The number of hydrogen-bond donors (Lipinski definition) is 16. The third-order valence-corrected chi connectivity index (χ3v) is 13.4. The normalized spacial score (nSPS) is 17.9. The zero-order valence-electron chi connectivity index (χ0n) is 45.8. The first-order valence-corrected chi connectivity index (χ1v) is 26.5. The second-order valence-corrected chi connectivity index (χ2v) is 20.7. The Balaban J connectivity index is 1.46. The minimum absolute atomic E-state index is 0.0484. The molecule has 2 fully saturated rings. The van der Waals surface area contributed by atoms with E-state index in [0.717, 1.165) is 6.42 Å². The number of nitrogens with one attached hydrogen (secondary N) is 11. The quantitative estimate of drug-likeness (QED) is 0.0334. The summed E-state index contributed by atoms with van der Waals surface area (Å²) in [4.78, 5) is 175. The molecule has 0 bridgehead atoms. The Morgan fingerprint density at radius 1 is 0.642 bits per heavy atom. The van der Waals surface area contributed by atoms with Gasteiger partial charge in [0.25, 0.3) is 0 Å². The van der Waals surface area contributed by atoms with Crippen molar-refractivity contribution < 1.29 is 77.6 Å². The van der Waals surface area contributed by atoms with Gasteiger partial charge in [-0.25, -0.2) is 4.79 Å². The predicted molar refractivity (Wildman–Crippen MR) is 286 cm³/mol. The summed E-state index contributed by atoms with van der Waals surface area (Å²) in [6, 6.07) is -6.85. The van der Waals surface area contributed by atoms with Crippen LogP contribution in [0.4, 0.5) is 0 Å². The zero-order chi connectivity index (χ0) is 60.2. The number of benzene rings is 1. The number of aliphatic hydroxyl groups is 2. The van der Waals surface area contributed by atoms with Crippen molar-refractivity contribution in [3.8, 4) is 0 Å². The molecule has 81 heavy (non-hydrogen) atoms. The van der Waals surface area contributed by atoms with Crippen LogP contribution in [0.3, 0.4) is 0 Å². The van der Waals surface area contributed by atoms with Crippen molar-refractivity contribution in [2.75, 3.05) is 32.8 Å². The molecule has 2 aliphatic rings. The number of hydrogen-bond acceptors (Lipinski definition) is 16. The van der Waals surface area contributed by atoms with Crippen LogP contribution in [-0.4, -0.2) is 195 Å². The number of H-pyrrole nitrogens is 1. The SMILES string of the molecule is CC(C)C[C@H](NC(=O)[C@H](CC(N)=O)NC(=O)[C@H](C)NC(=O)[C@@H]1CCCN1)C(=O)N1CCC[C@H]1C(=O)N[C@@H](Cc1c[nH]c2ccccc12)C(=O)NCC(=O)N[C@@H](CO)C(=O)N[C@@H](CO)C(=O)N[C@@H](CC(N)=O)C(=O)N[C@H](C(=O)O)C(C)C. The van der Waals surface area contributed by atoms with Gasteiger partial charge in [-0.2, -0.15) is 0 Å². The number of carboxylic acid groups (broad SMARTS) is 1. The summed E-state index contributed by atoms with van der Waals surface area (Å²) in [5.74, 6) is -13.4. The van der Waals surface area contributed by atoms with Crippen LogP contribution in [0.5, 0.6) is 0 Å². The maximum atomic E-state index is 14.4. The molecule has 0 saturated carbocycles. The summed E-state index contributed by atoms with van der Waals surface area (Å²) in [5, 5.41) is 54.6. The average molecular weight is 1140 g/mol. The van der Waals surface area contributed by atoms with Gasteiger partial charge in [-0.05, 0) is 69.0 Å². The number of fused-ring (bicyclic) bond motifs is 1. The standard InChI is InChI=1S/C51H76N14O16/c1-24(2)16-34(62-45(74)32(18-38(52)68)59-42(71)26(5)57-44(73)30-12-8-14-54-30)50(79)65-15-9-13-37(65)49(78)61-31(17-27-20-55-29-11-7-6-10-28(27)29)43(72)56-21-40(70)58-35(22-66)47(76)63-36(23-67)48(77)60-33(19-39(53)69)46(75)64-41(25(3)4)51(80)81/h6-7,10-11,20,24-26,30-37,41,54-55,66-67H,8-9,12-19,21-23H2,1-5H3,(H2,52,68)(H2,53,69)(H,56,72)(H,57,73)(H,58,70)(H,59,71)(H,60,77)(H,61,78)(H,62,74)(H,63,76)(H,64,75)(H,80,81)/t26-,30-,31-,32-,33-,34-,35-,36-,37-,41-/m0/s1. The summed E-state index contributed by atoms with van der Waals surface area (Å²) in [6.45, 7) is 5.58. The van der Waals surface area contributed by atoms with Gasteiger partial charge in [-0.3, -0.25) is 57.5 Å². The molecule has 0 unspecified atom stereocenters. The van der Waals surface area contributed by atoms with E-state index >= 15 is 0 Å². The Bertz CT molecular complexity index is 2640. The molecule has 1 aromatic heterocycles. The summed E-state index contributed by atoms with van der Waals surface area (Å²) in [7, 11) is 0. The Kier molecular flexibility index (Phi) is 24.9. The summed E-state index contributed by atoms with van der Waals surface area (Å²) in [6.07, 6.45) is 1.84. The van der Waals surface area contributed by atoms with Crippen molar-refractivity contribution in [3.05, 3.63) is 36.0 Å². The maximum absolute atomic E-state index is 14.4. The number of aromatic nitrogens is 1. The van der Waals surface area contributed by atoms with Crippen LogP contribution in [0.25, 0.3) is 10.9 Å². The summed E-state index contributed by atoms with van der Waals surface area (Å²) in [5.41, 5.74) is 11.9. The number of carbonyl (C=O) groups is 13. The molecule has 18 N–H and O–H groups in total. The molecule has 0 aliphatic carbocycles. The number of nitrogens with zero attached hydrogens (tertiary/aromatic N) is 1. The third kappa shape index (κ3) is 19.5. The average Bonchev–Trinajstić information content (AvgIpc) is 4.31. The summed E-state index contributed by atoms with van der Waals surface area (Å²) >= 11 is 0. The lowest BCUT2D eigenvalue weighted by Gasteiger charge is -2.31. The second kappa shape index (κ2) is 30.9. The minimum atomic E-state index is -1.86. The first-order chi connectivity index (χ1) is 38.2. The fourth-order valence-electron chi connectivity index (χ4n) is 9.11. The third-order valence-electron chi connectivity index (χ3n) is 13.4. The molecule has 3 heterocycles. The summed E-state index contributed by atoms with van der Waals surface area (Å²) < 4.78 is 0. The van der Waals surface area contributed by atoms with E-state index in [2.05, 4.69) is 58.2 Å². The Morgan fingerprint density at radius 2 is 1.21 bits per heavy atom. The number of primary amides is 2. The number of aliphatic hydroxyl groups excluding tert-OH is 2. The van der Waals surface area contributed by atoms with Gasteiger partial charge in [0.1, 0.15) is 54.4 Å². The molecule has 30 nitrogen and oxygen atoms in total. The van der Waals surface area contributed by atoms with Crippen LogP contribution in [-0.2, 0) is 68.7 Å². The van der Waals surface area contributed by atoms with E-state index in [9.17, 15) is 77.6 Å². The van der Waals surface area contributed by atoms with E-state index in [4.69, 9.17) is 11.5 Å². The van der Waals surface area contributed by atoms with E-state index in [1.54, 1.807) is 44.3 Å². The number of carboxylic acids is 1. The van der Waals surface area contributed by atoms with E-state index in [-0.39, 0.29) is 31.7 Å². The molecule has 4 rings (SSSR count). The van der Waals surface area contributed by atoms with E-state index in [1.165, 1.54) is 25.7 Å². The van der Waals surface area contributed by atoms with Gasteiger partial charge in [0.05, 0.1) is 38.6 Å². The zero-order valence-corrected chi connectivity index (χ0v) is 45.8. The van der Waals surface area contributed by atoms with Gasteiger partial charge < -0.3 is 89.8 Å². The lowest BCUT2D eigenvalue weighted by atomic mass is 10.0. The number of nitrogens with two attached hydrogens (primary N) is 2. The molecular weight excluding hydrogens is 1060 g/mol. The van der Waals surface area contributed by atoms with Crippen LogP contribution in [0.15, 0.2) is 30.5 Å². The van der Waals surface area contributed by atoms with E-state index in [0.29, 0.717) is 35.9 Å². The van der Waals surface area contributed by atoms with Gasteiger partial charge in [0.15, 0.2) is 0 Å². The molecule has 0 radical (unpaired) electrons. The van der Waals surface area contributed by atoms with Crippen molar-refractivity contribution in [3.63, 3.8) is 0 Å². The first-order valence-electron chi connectivity index (χ1n) is 26.5. The number of aromatic amines is 1. The predicted octanol–water partition coefficient (Wildman–Crippen LogP) is -6.01. The van der Waals surface area contributed by atoms with Crippen molar-refractivity contribution in [2.24, 2.45) is 23.3 Å². The smallest absolute Gasteiger partial charge is 0.326 e. The molecule has 0 spiro atoms. The van der Waals surface area contributed by atoms with Crippen molar-refractivity contribution in [2.45, 2.75) is 146 Å². The molecule has 1 aromatic carbocycles. The number of likely N-dealkylation sites (tertiary alicyclic amines) is 1. The van der Waals surface area contributed by atoms with Gasteiger partial charge in [-0.1, -0.05) is 45.9 Å². The molecule has 446 valence electrons. The van der Waals surface area contributed by atoms with Crippen molar-refractivity contribution >= 4 is 87.8 Å². The number of carbonyl (C=O) groups excluding carboxylic acids is 12. The molecule has 2 aromatic rings. The lowest BCUT2D eigenvalue weighted by Crippen LogP contribution is -2.60. The number of para-hydroxylation sites is 1. The van der Waals surface area contributed by atoms with Gasteiger partial charge >= 0.3 is 5.97 Å². The Labute approximate surface area is 465 Å². The maximum Gasteiger partial charge on any atom is 0.326 e.